The Morgan fingerprint density at radius 1 is 0.467 bits per heavy atom. The molecule has 0 saturated heterocycles. The van der Waals surface area contributed by atoms with E-state index in [1.807, 2.05) is 0 Å². The molecule has 0 aromatic rings. The van der Waals surface area contributed by atoms with Gasteiger partial charge < -0.3 is 4.90 Å². The van der Waals surface area contributed by atoms with E-state index in [0.717, 1.165) is 6.04 Å². The van der Waals surface area contributed by atoms with Crippen molar-refractivity contribution in [3.63, 3.8) is 0 Å². The monoisotopic (exact) mass is 421 g/mol. The molecule has 1 unspecified atom stereocenters. The van der Waals surface area contributed by atoms with E-state index in [1.54, 1.807) is 0 Å². The summed E-state index contributed by atoms with van der Waals surface area (Å²) in [4.78, 5) is 2.48. The van der Waals surface area contributed by atoms with Crippen molar-refractivity contribution < 1.29 is 0 Å². The third kappa shape index (κ3) is 22.4. The van der Waals surface area contributed by atoms with E-state index in [2.05, 4.69) is 45.0 Å². The van der Waals surface area contributed by atoms with Crippen molar-refractivity contribution in [3.05, 3.63) is 12.2 Å². The van der Waals surface area contributed by atoms with E-state index in [4.69, 9.17) is 0 Å². The molecule has 1 atom stereocenters. The van der Waals surface area contributed by atoms with Crippen LogP contribution in [0.15, 0.2) is 12.2 Å². The van der Waals surface area contributed by atoms with E-state index in [1.165, 1.54) is 141 Å². The fourth-order valence-corrected chi connectivity index (χ4v) is 4.45. The normalized spacial score (nSPS) is 13.0. The summed E-state index contributed by atoms with van der Waals surface area (Å²) in [6.45, 7) is 4.59. The molecule has 0 aromatic heterocycles. The summed E-state index contributed by atoms with van der Waals surface area (Å²) in [5.41, 5.74) is 0. The lowest BCUT2D eigenvalue weighted by molar-refractivity contribution is 0.251. The molecule has 180 valence electrons. The Morgan fingerprint density at radius 2 is 0.800 bits per heavy atom. The van der Waals surface area contributed by atoms with Crippen molar-refractivity contribution in [2.24, 2.45) is 0 Å². The lowest BCUT2D eigenvalue weighted by Crippen LogP contribution is -2.27. The highest BCUT2D eigenvalue weighted by Gasteiger charge is 2.10. The first-order chi connectivity index (χ1) is 14.7. The summed E-state index contributed by atoms with van der Waals surface area (Å²) in [5, 5.41) is 0. The molecule has 0 aromatic carbocycles. The molecule has 0 aliphatic heterocycles. The Kier molecular flexibility index (Phi) is 24.7. The quantitative estimate of drug-likeness (QED) is 0.111. The molecular formula is C29H59N. The number of allylic oxidation sites excluding steroid dienone is 2. The van der Waals surface area contributed by atoms with Crippen LogP contribution in [0, 0.1) is 0 Å². The van der Waals surface area contributed by atoms with E-state index in [-0.39, 0.29) is 0 Å². The second-order valence-electron chi connectivity index (χ2n) is 9.90. The van der Waals surface area contributed by atoms with Gasteiger partial charge in [-0.3, -0.25) is 0 Å². The van der Waals surface area contributed by atoms with Crippen LogP contribution >= 0.6 is 0 Å². The largest absolute Gasteiger partial charge is 0.306 e. The molecule has 0 N–H and O–H groups in total. The zero-order chi connectivity index (χ0) is 22.1. The van der Waals surface area contributed by atoms with Gasteiger partial charge in [-0.1, -0.05) is 129 Å². The van der Waals surface area contributed by atoms with Crippen molar-refractivity contribution in [2.45, 2.75) is 161 Å². The van der Waals surface area contributed by atoms with Crippen LogP contribution in [0.1, 0.15) is 155 Å². The highest BCUT2D eigenvalue weighted by molar-refractivity contribution is 4.81. The van der Waals surface area contributed by atoms with E-state index in [0.29, 0.717) is 0 Å². The van der Waals surface area contributed by atoms with Crippen LogP contribution in [0.25, 0.3) is 0 Å². The molecule has 0 radical (unpaired) electrons. The fourth-order valence-electron chi connectivity index (χ4n) is 4.45. The minimum Gasteiger partial charge on any atom is -0.306 e. The summed E-state index contributed by atoms with van der Waals surface area (Å²) in [7, 11) is 4.57. The van der Waals surface area contributed by atoms with Gasteiger partial charge in [-0.05, 0) is 52.6 Å². The standard InChI is InChI=1S/C29H59N/c1-5-7-9-11-13-14-15-16-17-18-19-20-22-24-26-28-29(30(3)4)27-25-23-21-12-10-8-6-2/h14-15,29H,5-13,16-28H2,1-4H3. The highest BCUT2D eigenvalue weighted by Crippen LogP contribution is 2.17. The number of nitrogens with zero attached hydrogens (tertiary/aromatic N) is 1. The Hall–Kier alpha value is -0.300. The first-order valence-electron chi connectivity index (χ1n) is 14.0. The molecule has 0 aliphatic rings. The minimum atomic E-state index is 0.814. The number of rotatable bonds is 24. The van der Waals surface area contributed by atoms with Crippen molar-refractivity contribution in [2.75, 3.05) is 14.1 Å². The third-order valence-corrected chi connectivity index (χ3v) is 6.67. The zero-order valence-corrected chi connectivity index (χ0v) is 21.7. The van der Waals surface area contributed by atoms with Crippen molar-refractivity contribution in [1.82, 2.24) is 4.90 Å². The summed E-state index contributed by atoms with van der Waals surface area (Å²) in [5.74, 6) is 0. The molecule has 0 amide bonds. The average molecular weight is 422 g/mol. The average Bonchev–Trinajstić information content (AvgIpc) is 2.74. The lowest BCUT2D eigenvalue weighted by atomic mass is 9.99. The maximum atomic E-state index is 2.48. The van der Waals surface area contributed by atoms with E-state index < -0.39 is 0 Å². The molecular weight excluding hydrogens is 362 g/mol. The second kappa shape index (κ2) is 25.0. The molecule has 0 bridgehead atoms. The van der Waals surface area contributed by atoms with E-state index >= 15 is 0 Å². The zero-order valence-electron chi connectivity index (χ0n) is 21.7. The first-order valence-corrected chi connectivity index (χ1v) is 14.0. The van der Waals surface area contributed by atoms with Gasteiger partial charge in [0.1, 0.15) is 0 Å². The topological polar surface area (TPSA) is 3.24 Å². The summed E-state index contributed by atoms with van der Waals surface area (Å²) in [6, 6.07) is 0.814. The van der Waals surface area contributed by atoms with Crippen molar-refractivity contribution >= 4 is 0 Å². The SMILES string of the molecule is CCCCCCC=CCCCCCCCCCC(CCCCCCCCC)N(C)C. The smallest absolute Gasteiger partial charge is 0.00891 e. The predicted octanol–water partition coefficient (Wildman–Crippen LogP) is 10.1. The maximum absolute atomic E-state index is 2.48. The van der Waals surface area contributed by atoms with Crippen LogP contribution in [0.3, 0.4) is 0 Å². The second-order valence-corrected chi connectivity index (χ2v) is 9.90. The minimum absolute atomic E-state index is 0.814. The molecule has 0 fully saturated rings. The van der Waals surface area contributed by atoms with Gasteiger partial charge in [-0.25, -0.2) is 0 Å². The maximum Gasteiger partial charge on any atom is 0.00891 e. The molecule has 0 rings (SSSR count). The van der Waals surface area contributed by atoms with Crippen molar-refractivity contribution in [1.29, 1.82) is 0 Å². The highest BCUT2D eigenvalue weighted by atomic mass is 15.1. The van der Waals surface area contributed by atoms with Gasteiger partial charge in [0, 0.05) is 6.04 Å². The Morgan fingerprint density at radius 3 is 1.20 bits per heavy atom. The van der Waals surface area contributed by atoms with Crippen molar-refractivity contribution in [3.8, 4) is 0 Å². The Balaban J connectivity index is 3.43. The molecule has 0 heterocycles. The van der Waals surface area contributed by atoms with Crippen LogP contribution in [0.2, 0.25) is 0 Å². The van der Waals surface area contributed by atoms with Gasteiger partial charge in [-0.2, -0.15) is 0 Å². The molecule has 1 heteroatoms. The van der Waals surface area contributed by atoms with Gasteiger partial charge in [0.15, 0.2) is 0 Å². The third-order valence-electron chi connectivity index (χ3n) is 6.67. The number of hydrogen-bond donors (Lipinski definition) is 0. The van der Waals surface area contributed by atoms with Gasteiger partial charge in [0.2, 0.25) is 0 Å². The van der Waals surface area contributed by atoms with E-state index in [9.17, 15) is 0 Å². The first kappa shape index (κ1) is 29.7. The van der Waals surface area contributed by atoms with Gasteiger partial charge >= 0.3 is 0 Å². The lowest BCUT2D eigenvalue weighted by Gasteiger charge is -2.24. The predicted molar refractivity (Wildman–Crippen MR) is 140 cm³/mol. The number of hydrogen-bond acceptors (Lipinski definition) is 1. The summed E-state index contributed by atoms with van der Waals surface area (Å²) < 4.78 is 0. The van der Waals surface area contributed by atoms with Gasteiger partial charge in [0.25, 0.3) is 0 Å². The van der Waals surface area contributed by atoms with Crippen LogP contribution < -0.4 is 0 Å². The van der Waals surface area contributed by atoms with Crippen LogP contribution in [0.5, 0.6) is 0 Å². The molecule has 0 aliphatic carbocycles. The van der Waals surface area contributed by atoms with Gasteiger partial charge in [0.05, 0.1) is 0 Å². The summed E-state index contributed by atoms with van der Waals surface area (Å²) >= 11 is 0. The Labute approximate surface area is 192 Å². The number of unbranched alkanes of at least 4 members (excludes halogenated alkanes) is 17. The van der Waals surface area contributed by atoms with Crippen LogP contribution in [-0.2, 0) is 0 Å². The summed E-state index contributed by atoms with van der Waals surface area (Å²) in [6.07, 6.45) is 35.9. The molecule has 30 heavy (non-hydrogen) atoms. The molecule has 0 saturated carbocycles. The Bertz CT molecular complexity index is 333. The van der Waals surface area contributed by atoms with Crippen LogP contribution in [0.4, 0.5) is 0 Å². The molecule has 1 nitrogen and oxygen atoms in total. The fraction of sp³-hybridized carbons (Fsp3) is 0.931. The molecule has 0 spiro atoms. The van der Waals surface area contributed by atoms with Crippen LogP contribution in [-0.4, -0.2) is 25.0 Å². The van der Waals surface area contributed by atoms with Gasteiger partial charge in [-0.15, -0.1) is 0 Å².